The Hall–Kier alpha value is -3.55. The number of nitrogens with zero attached hydrogens (tertiary/aromatic N) is 3. The minimum atomic E-state index is -1.25. The molecule has 0 unspecified atom stereocenters. The molecule has 0 aliphatic rings. The van der Waals surface area contributed by atoms with Gasteiger partial charge in [-0.3, -0.25) is 38.7 Å². The molecule has 188 valence electrons. The third-order valence-corrected chi connectivity index (χ3v) is 4.78. The molecule has 0 amide bonds. The van der Waals surface area contributed by atoms with Crippen LogP contribution in [0.3, 0.4) is 0 Å². The van der Waals surface area contributed by atoms with Crippen molar-refractivity contribution in [1.29, 1.82) is 0 Å². The van der Waals surface area contributed by atoms with Crippen LogP contribution in [-0.4, -0.2) is 128 Å². The number of hydrogen-bond acceptors (Lipinski definition) is 8. The van der Waals surface area contributed by atoms with Gasteiger partial charge in [0.1, 0.15) is 0 Å². The first-order chi connectivity index (χ1) is 16.0. The second-order valence-electron chi connectivity index (χ2n) is 7.66. The number of carboxylic acid groups (broad SMARTS) is 5. The fraction of sp³-hybridized carbons (Fsp3) is 0.476. The molecule has 13 heteroatoms. The van der Waals surface area contributed by atoms with E-state index in [0.717, 1.165) is 10.5 Å². The smallest absolute Gasteiger partial charge is 0.317 e. The van der Waals surface area contributed by atoms with Gasteiger partial charge in [0.25, 0.3) is 0 Å². The van der Waals surface area contributed by atoms with Crippen molar-refractivity contribution in [3.05, 3.63) is 35.9 Å². The van der Waals surface area contributed by atoms with Gasteiger partial charge in [0.15, 0.2) is 0 Å². The third-order valence-electron chi connectivity index (χ3n) is 4.78. The molecule has 0 saturated heterocycles. The first-order valence-electron chi connectivity index (χ1n) is 10.3. The number of carboxylic acids is 5. The normalized spacial score (nSPS) is 12.1. The second kappa shape index (κ2) is 14.6. The Morgan fingerprint density at radius 2 is 1.06 bits per heavy atom. The van der Waals surface area contributed by atoms with Crippen molar-refractivity contribution in [2.75, 3.05) is 52.4 Å². The number of carbonyl (C=O) groups is 5. The highest BCUT2D eigenvalue weighted by Gasteiger charge is 2.27. The summed E-state index contributed by atoms with van der Waals surface area (Å²) < 4.78 is 0. The fourth-order valence-corrected chi connectivity index (χ4v) is 3.49. The Labute approximate surface area is 195 Å². The lowest BCUT2D eigenvalue weighted by atomic mass is 10.0. The van der Waals surface area contributed by atoms with E-state index >= 15 is 0 Å². The van der Waals surface area contributed by atoms with Gasteiger partial charge in [0, 0.05) is 25.7 Å². The van der Waals surface area contributed by atoms with Crippen molar-refractivity contribution in [3.63, 3.8) is 0 Å². The zero-order chi connectivity index (χ0) is 25.7. The van der Waals surface area contributed by atoms with Crippen LogP contribution in [-0.2, 0) is 30.4 Å². The molecule has 1 rings (SSSR count). The van der Waals surface area contributed by atoms with Crippen molar-refractivity contribution >= 4 is 29.8 Å². The van der Waals surface area contributed by atoms with E-state index in [1.165, 1.54) is 9.80 Å². The Morgan fingerprint density at radius 1 is 0.618 bits per heavy atom. The summed E-state index contributed by atoms with van der Waals surface area (Å²) >= 11 is 0. The van der Waals surface area contributed by atoms with Crippen LogP contribution in [0, 0.1) is 0 Å². The molecule has 1 atom stereocenters. The van der Waals surface area contributed by atoms with Gasteiger partial charge in [-0.2, -0.15) is 0 Å². The van der Waals surface area contributed by atoms with Crippen LogP contribution in [0.15, 0.2) is 30.3 Å². The average Bonchev–Trinajstić information content (AvgIpc) is 2.69. The average molecular weight is 483 g/mol. The Kier molecular flexibility index (Phi) is 12.2. The largest absolute Gasteiger partial charge is 0.480 e. The summed E-state index contributed by atoms with van der Waals surface area (Å²) in [5.41, 5.74) is 0.793. The minimum Gasteiger partial charge on any atom is -0.480 e. The van der Waals surface area contributed by atoms with E-state index in [1.807, 2.05) is 0 Å². The highest BCUT2D eigenvalue weighted by atomic mass is 16.4. The topological polar surface area (TPSA) is 196 Å². The maximum absolute atomic E-state index is 11.6. The lowest BCUT2D eigenvalue weighted by molar-refractivity contribution is -0.143. The maximum Gasteiger partial charge on any atom is 0.317 e. The zero-order valence-corrected chi connectivity index (χ0v) is 18.4. The van der Waals surface area contributed by atoms with Crippen LogP contribution >= 0.6 is 0 Å². The first kappa shape index (κ1) is 28.5. The maximum atomic E-state index is 11.6. The summed E-state index contributed by atoms with van der Waals surface area (Å²) in [7, 11) is 0. The molecule has 1 aromatic carbocycles. The molecule has 0 radical (unpaired) electrons. The molecular weight excluding hydrogens is 454 g/mol. The molecule has 1 aromatic rings. The van der Waals surface area contributed by atoms with Gasteiger partial charge in [-0.1, -0.05) is 30.3 Å². The van der Waals surface area contributed by atoms with E-state index in [0.29, 0.717) is 0 Å². The van der Waals surface area contributed by atoms with Crippen LogP contribution in [0.25, 0.3) is 0 Å². The first-order valence-corrected chi connectivity index (χ1v) is 10.3. The van der Waals surface area contributed by atoms with Crippen molar-refractivity contribution in [2.45, 2.75) is 12.5 Å². The zero-order valence-electron chi connectivity index (χ0n) is 18.4. The molecule has 0 saturated carbocycles. The highest BCUT2D eigenvalue weighted by Crippen LogP contribution is 2.12. The summed E-state index contributed by atoms with van der Waals surface area (Å²) in [4.78, 5) is 60.0. The molecule has 34 heavy (non-hydrogen) atoms. The standard InChI is InChI=1S/C21H29N3O10/c25-17(26)10-22(11-18(27)28)6-7-24(14-21(33)34)16(8-15-4-2-1-3-5-15)9-23(12-19(29)30)13-20(31)32/h1-5,16H,6-14H2,(H,25,26)(H,27,28)(H,29,30)(H,31,32)(H,33,34)/t16-/m0/s1. The third kappa shape index (κ3) is 12.5. The van der Waals surface area contributed by atoms with Gasteiger partial charge < -0.3 is 25.5 Å². The number of aliphatic carboxylic acids is 5. The van der Waals surface area contributed by atoms with Crippen molar-refractivity contribution in [1.82, 2.24) is 14.7 Å². The van der Waals surface area contributed by atoms with Crippen LogP contribution < -0.4 is 0 Å². The number of benzene rings is 1. The summed E-state index contributed by atoms with van der Waals surface area (Å²) in [6.07, 6.45) is 0.252. The fourth-order valence-electron chi connectivity index (χ4n) is 3.49. The summed E-state index contributed by atoms with van der Waals surface area (Å²) in [5, 5.41) is 45.8. The summed E-state index contributed by atoms with van der Waals surface area (Å²) in [6, 6.07) is 8.22. The lowest BCUT2D eigenvalue weighted by Crippen LogP contribution is -2.51. The van der Waals surface area contributed by atoms with E-state index in [4.69, 9.17) is 20.4 Å². The predicted octanol–water partition coefficient (Wildman–Crippen LogP) is -1.07. The molecule has 0 aromatic heterocycles. The van der Waals surface area contributed by atoms with Crippen LogP contribution in [0.2, 0.25) is 0 Å². The molecule has 0 heterocycles. The van der Waals surface area contributed by atoms with E-state index in [1.54, 1.807) is 30.3 Å². The van der Waals surface area contributed by atoms with Crippen molar-refractivity contribution in [3.8, 4) is 0 Å². The van der Waals surface area contributed by atoms with E-state index in [2.05, 4.69) is 0 Å². The lowest BCUT2D eigenvalue weighted by Gasteiger charge is -2.35. The predicted molar refractivity (Wildman–Crippen MR) is 117 cm³/mol. The Bertz CT molecular complexity index is 816. The number of hydrogen-bond donors (Lipinski definition) is 5. The van der Waals surface area contributed by atoms with Gasteiger partial charge in [0.05, 0.1) is 32.7 Å². The van der Waals surface area contributed by atoms with Crippen LogP contribution in [0.4, 0.5) is 0 Å². The van der Waals surface area contributed by atoms with Crippen LogP contribution in [0.1, 0.15) is 5.56 Å². The molecule has 0 bridgehead atoms. The van der Waals surface area contributed by atoms with E-state index in [-0.39, 0.29) is 26.1 Å². The number of rotatable bonds is 18. The molecule has 0 aliphatic carbocycles. The monoisotopic (exact) mass is 483 g/mol. The molecule has 0 fully saturated rings. The molecule has 5 N–H and O–H groups in total. The summed E-state index contributed by atoms with van der Waals surface area (Å²) in [5.74, 6) is -6.21. The Balaban J connectivity index is 3.19. The van der Waals surface area contributed by atoms with Gasteiger partial charge in [-0.25, -0.2) is 0 Å². The van der Waals surface area contributed by atoms with Gasteiger partial charge in [-0.15, -0.1) is 0 Å². The van der Waals surface area contributed by atoms with Gasteiger partial charge >= 0.3 is 29.8 Å². The molecule has 0 spiro atoms. The molecule has 13 nitrogen and oxygen atoms in total. The highest BCUT2D eigenvalue weighted by molar-refractivity contribution is 5.73. The minimum absolute atomic E-state index is 0.0433. The SMILES string of the molecule is O=C(O)CN(CCN(CC(=O)O)[C@@H](Cc1ccccc1)CN(CC(=O)O)CC(=O)O)CC(=O)O. The van der Waals surface area contributed by atoms with Crippen molar-refractivity contribution < 1.29 is 49.5 Å². The molecule has 0 aliphatic heterocycles. The van der Waals surface area contributed by atoms with E-state index < -0.39 is 68.6 Å². The Morgan fingerprint density at radius 3 is 1.50 bits per heavy atom. The van der Waals surface area contributed by atoms with Crippen LogP contribution in [0.5, 0.6) is 0 Å². The molecular formula is C21H29N3O10. The summed E-state index contributed by atoms with van der Waals surface area (Å²) in [6.45, 7) is -3.03. The van der Waals surface area contributed by atoms with Gasteiger partial charge in [-0.05, 0) is 12.0 Å². The second-order valence-corrected chi connectivity index (χ2v) is 7.66. The van der Waals surface area contributed by atoms with Crippen molar-refractivity contribution in [2.24, 2.45) is 0 Å². The quantitative estimate of drug-likeness (QED) is 0.169. The van der Waals surface area contributed by atoms with Gasteiger partial charge in [0.2, 0.25) is 0 Å². The van der Waals surface area contributed by atoms with E-state index in [9.17, 15) is 29.1 Å².